The van der Waals surface area contributed by atoms with E-state index >= 15 is 0 Å². The van der Waals surface area contributed by atoms with Crippen LogP contribution < -0.4 is 22.3 Å². The summed E-state index contributed by atoms with van der Waals surface area (Å²) >= 11 is 0. The molecule has 1 amide bonds. The van der Waals surface area contributed by atoms with E-state index < -0.39 is 28.6 Å². The van der Waals surface area contributed by atoms with Crippen LogP contribution in [0, 0.1) is 5.92 Å². The van der Waals surface area contributed by atoms with E-state index in [0.717, 1.165) is 17.5 Å². The summed E-state index contributed by atoms with van der Waals surface area (Å²) in [5, 5.41) is 11.4. The first kappa shape index (κ1) is 24.9. The Kier molecular flexibility index (Phi) is 6.19. The molecule has 3 atom stereocenters. The molecule has 0 aliphatic carbocycles. The third-order valence-electron chi connectivity index (χ3n) is 7.81. The van der Waals surface area contributed by atoms with Gasteiger partial charge >= 0.3 is 0 Å². The fourth-order valence-electron chi connectivity index (χ4n) is 6.18. The molecular formula is C29H28N4O6. The van der Waals surface area contributed by atoms with Crippen LogP contribution in [0.4, 0.5) is 0 Å². The Morgan fingerprint density at radius 3 is 2.72 bits per heavy atom. The van der Waals surface area contributed by atoms with Gasteiger partial charge < -0.3 is 24.8 Å². The van der Waals surface area contributed by atoms with E-state index in [1.165, 1.54) is 6.07 Å². The number of carbonyl (C=O) groups is 1. The number of aromatic amines is 1. The molecule has 200 valence electrons. The average molecular weight is 529 g/mol. The molecule has 39 heavy (non-hydrogen) atoms. The van der Waals surface area contributed by atoms with Crippen molar-refractivity contribution < 1.29 is 14.3 Å². The molecule has 5 heterocycles. The molecule has 1 fully saturated rings. The van der Waals surface area contributed by atoms with Gasteiger partial charge in [-0.05, 0) is 35.9 Å². The summed E-state index contributed by atoms with van der Waals surface area (Å²) in [4.78, 5) is 55.2. The van der Waals surface area contributed by atoms with Crippen molar-refractivity contribution in [3.05, 3.63) is 108 Å². The van der Waals surface area contributed by atoms with Crippen molar-refractivity contribution in [1.29, 1.82) is 0 Å². The highest BCUT2D eigenvalue weighted by molar-refractivity contribution is 5.80. The topological polar surface area (TPSA) is 152 Å². The van der Waals surface area contributed by atoms with Gasteiger partial charge in [0.1, 0.15) is 5.76 Å². The number of nitrogens with zero attached hydrogens (tertiary/aromatic N) is 2. The number of likely N-dealkylation sites (tertiary alicyclic amines) is 1. The molecular weight excluding hydrogens is 500 g/mol. The maximum absolute atomic E-state index is 13.0. The normalized spacial score (nSPS) is 19.5. The average Bonchev–Trinajstić information content (AvgIpc) is 2.89. The van der Waals surface area contributed by atoms with Gasteiger partial charge in [-0.25, -0.2) is 0 Å². The molecule has 10 nitrogen and oxygen atoms in total. The predicted octanol–water partition coefficient (Wildman–Crippen LogP) is 1.98. The van der Waals surface area contributed by atoms with E-state index in [4.69, 9.17) is 10.2 Å². The number of primary amides is 1. The first-order valence-electron chi connectivity index (χ1n) is 12.9. The minimum Gasteiger partial charge on any atom is -0.502 e. The molecule has 10 heteroatoms. The molecule has 0 radical (unpaired) electrons. The summed E-state index contributed by atoms with van der Waals surface area (Å²) in [5.41, 5.74) is 6.19. The molecule has 1 aromatic carbocycles. The minimum atomic E-state index is -1.05. The number of hydrogen-bond acceptors (Lipinski definition) is 7. The van der Waals surface area contributed by atoms with Gasteiger partial charge in [-0.2, -0.15) is 0 Å². The fourth-order valence-corrected chi connectivity index (χ4v) is 6.18. The molecule has 6 rings (SSSR count). The van der Waals surface area contributed by atoms with Crippen LogP contribution >= 0.6 is 0 Å². The first-order valence-corrected chi connectivity index (χ1v) is 12.9. The summed E-state index contributed by atoms with van der Waals surface area (Å²) in [6.45, 7) is 2.32. The number of piperidine rings is 1. The molecule has 0 spiro atoms. The lowest BCUT2D eigenvalue weighted by molar-refractivity contribution is -0.118. The standard InChI is InChI=1S/C29H28N4O6/c30-25(35)11-20(21-9-17-4-1-2-5-22(17)31-29(21)38)28-27(37)24(34)10-19(39-28)15-32-12-16-8-18(14-32)23-6-3-7-26(36)33(23)13-16/h1-7,9-10,16,18,20,37H,8,11-15H2,(H2,30,35)(H,31,38)/t16-,18+,20+/m1/s1. The Balaban J connectivity index is 1.35. The number of aromatic hydroxyl groups is 1. The van der Waals surface area contributed by atoms with Crippen LogP contribution in [0.25, 0.3) is 10.9 Å². The third-order valence-corrected chi connectivity index (χ3v) is 7.81. The van der Waals surface area contributed by atoms with Crippen molar-refractivity contribution in [2.75, 3.05) is 13.1 Å². The zero-order chi connectivity index (χ0) is 27.3. The van der Waals surface area contributed by atoms with Gasteiger partial charge in [0.25, 0.3) is 11.1 Å². The number of para-hydroxylation sites is 1. The molecule has 0 unspecified atom stereocenters. The number of H-pyrrole nitrogens is 1. The molecule has 0 saturated carbocycles. The van der Waals surface area contributed by atoms with Gasteiger partial charge in [-0.1, -0.05) is 24.3 Å². The summed E-state index contributed by atoms with van der Waals surface area (Å²) in [6, 6.07) is 15.4. The maximum Gasteiger partial charge on any atom is 0.252 e. The fraction of sp³-hybridized carbons (Fsp3) is 0.310. The quantitative estimate of drug-likeness (QED) is 0.346. The molecule has 2 aliphatic heterocycles. The number of fused-ring (bicyclic) bond motifs is 5. The number of nitrogens with two attached hydrogens (primary N) is 1. The SMILES string of the molecule is NC(=O)C[C@H](c1oc(CN2C[C@H]3C[C@@H](C2)c2cccc(=O)n2C3)cc(=O)c1O)c1cc2ccccc2[nH]c1=O. The van der Waals surface area contributed by atoms with Crippen LogP contribution in [-0.4, -0.2) is 38.6 Å². The van der Waals surface area contributed by atoms with Crippen LogP contribution in [-0.2, 0) is 17.9 Å². The van der Waals surface area contributed by atoms with E-state index in [0.29, 0.717) is 37.5 Å². The summed E-state index contributed by atoms with van der Waals surface area (Å²) < 4.78 is 7.93. The molecule has 4 N–H and O–H groups in total. The lowest BCUT2D eigenvalue weighted by Gasteiger charge is -2.42. The Morgan fingerprint density at radius 1 is 1.08 bits per heavy atom. The second-order valence-corrected chi connectivity index (χ2v) is 10.5. The Bertz CT molecular complexity index is 1770. The molecule has 2 bridgehead atoms. The van der Waals surface area contributed by atoms with Crippen molar-refractivity contribution in [2.24, 2.45) is 11.7 Å². The Labute approximate surface area is 222 Å². The van der Waals surface area contributed by atoms with Gasteiger partial charge in [0.05, 0.1) is 12.5 Å². The molecule has 1 saturated heterocycles. The highest BCUT2D eigenvalue weighted by Crippen LogP contribution is 2.36. The zero-order valence-electron chi connectivity index (χ0n) is 21.1. The largest absolute Gasteiger partial charge is 0.502 e. The number of aromatic nitrogens is 2. The number of rotatable bonds is 6. The lowest BCUT2D eigenvalue weighted by atomic mass is 9.83. The van der Waals surface area contributed by atoms with E-state index in [9.17, 15) is 24.3 Å². The molecule has 4 aromatic rings. The second-order valence-electron chi connectivity index (χ2n) is 10.5. The van der Waals surface area contributed by atoms with Crippen LogP contribution in [0.1, 0.15) is 47.5 Å². The third kappa shape index (κ3) is 4.67. The number of pyridine rings is 2. The highest BCUT2D eigenvalue weighted by Gasteiger charge is 2.35. The Hall–Kier alpha value is -4.44. The van der Waals surface area contributed by atoms with Gasteiger partial charge in [0, 0.05) is 60.9 Å². The van der Waals surface area contributed by atoms with Gasteiger partial charge in [0.15, 0.2) is 5.76 Å². The number of hydrogen-bond donors (Lipinski definition) is 3. The van der Waals surface area contributed by atoms with Crippen molar-refractivity contribution in [3.8, 4) is 5.75 Å². The highest BCUT2D eigenvalue weighted by atomic mass is 16.4. The molecule has 2 aliphatic rings. The van der Waals surface area contributed by atoms with Crippen LogP contribution in [0.3, 0.4) is 0 Å². The van der Waals surface area contributed by atoms with Gasteiger partial charge in [-0.3, -0.25) is 24.1 Å². The minimum absolute atomic E-state index is 0.00833. The summed E-state index contributed by atoms with van der Waals surface area (Å²) in [6.07, 6.45) is 0.650. The number of amides is 1. The van der Waals surface area contributed by atoms with Crippen LogP contribution in [0.5, 0.6) is 5.75 Å². The van der Waals surface area contributed by atoms with Gasteiger partial charge in [-0.15, -0.1) is 0 Å². The lowest BCUT2D eigenvalue weighted by Crippen LogP contribution is -2.46. The first-order chi connectivity index (χ1) is 18.8. The number of benzene rings is 1. The van der Waals surface area contributed by atoms with Crippen molar-refractivity contribution in [3.63, 3.8) is 0 Å². The summed E-state index contributed by atoms with van der Waals surface area (Å²) in [7, 11) is 0. The monoisotopic (exact) mass is 528 g/mol. The predicted molar refractivity (Wildman–Crippen MR) is 144 cm³/mol. The van der Waals surface area contributed by atoms with Crippen LogP contribution in [0.15, 0.2) is 73.4 Å². The van der Waals surface area contributed by atoms with Crippen LogP contribution in [0.2, 0.25) is 0 Å². The van der Waals surface area contributed by atoms with Gasteiger partial charge in [0.2, 0.25) is 17.1 Å². The van der Waals surface area contributed by atoms with E-state index in [-0.39, 0.29) is 35.1 Å². The van der Waals surface area contributed by atoms with E-state index in [1.807, 2.05) is 22.8 Å². The number of carbonyl (C=O) groups excluding carboxylic acids is 1. The number of nitrogens with one attached hydrogen (secondary N) is 1. The van der Waals surface area contributed by atoms with Crippen molar-refractivity contribution in [1.82, 2.24) is 14.5 Å². The van der Waals surface area contributed by atoms with Crippen molar-refractivity contribution >= 4 is 16.8 Å². The van der Waals surface area contributed by atoms with E-state index in [1.54, 1.807) is 30.3 Å². The zero-order valence-corrected chi connectivity index (χ0v) is 21.1. The molecule has 3 aromatic heterocycles. The maximum atomic E-state index is 13.0. The smallest absolute Gasteiger partial charge is 0.252 e. The Morgan fingerprint density at radius 2 is 1.90 bits per heavy atom. The van der Waals surface area contributed by atoms with Crippen molar-refractivity contribution in [2.45, 2.75) is 37.8 Å². The van der Waals surface area contributed by atoms with E-state index in [2.05, 4.69) is 9.88 Å². The summed E-state index contributed by atoms with van der Waals surface area (Å²) in [5.74, 6) is -1.81. The second kappa shape index (κ2) is 9.70.